The van der Waals surface area contributed by atoms with Gasteiger partial charge in [0.15, 0.2) is 5.82 Å². The standard InChI is InChI=1S/C25H29N9O2S.C2HF3O2/c1-16(33-9-11-34(12-10-33)37(3,35)36)19-13-21(24-29-17(2)30-25(26)32-24)23(28-15-19)31-20-7-6-18-5-4-8-27-22(18)14-20;3-2(4,5)1(6)7/h4-8,13-16H,9-12H2,1-3H3,(H,28,31)(H2,26,29,30,32);(H,6,7)/t16-;/m1./s1. The molecule has 1 fully saturated rings. The van der Waals surface area contributed by atoms with E-state index >= 15 is 0 Å². The van der Waals surface area contributed by atoms with Gasteiger partial charge in [-0.25, -0.2) is 23.2 Å². The minimum absolute atomic E-state index is 0.00663. The van der Waals surface area contributed by atoms with Gasteiger partial charge in [-0.05, 0) is 43.7 Å². The number of nitrogens with two attached hydrogens (primary N) is 1. The SMILES string of the molecule is Cc1nc(N)nc(-c2cc([C@@H](C)N3CCN(S(C)(=O)=O)CC3)cnc2Nc2ccc3cccnc3c2)n1.O=C(O)C(F)(F)F. The van der Waals surface area contributed by atoms with Crippen molar-refractivity contribution in [1.29, 1.82) is 0 Å². The number of aromatic nitrogens is 5. The van der Waals surface area contributed by atoms with Crippen LogP contribution in [0.2, 0.25) is 0 Å². The lowest BCUT2D eigenvalue weighted by Crippen LogP contribution is -2.48. The Bertz CT molecular complexity index is 1750. The number of carbonyl (C=O) groups is 1. The number of rotatable bonds is 6. The first-order valence-electron chi connectivity index (χ1n) is 13.2. The summed E-state index contributed by atoms with van der Waals surface area (Å²) in [5, 5.41) is 11.6. The predicted octanol–water partition coefficient (Wildman–Crippen LogP) is 3.39. The van der Waals surface area contributed by atoms with E-state index < -0.39 is 22.2 Å². The lowest BCUT2D eigenvalue weighted by atomic mass is 10.0. The molecule has 1 aliphatic rings. The Kier molecular flexibility index (Phi) is 9.60. The molecule has 5 rings (SSSR count). The van der Waals surface area contributed by atoms with Gasteiger partial charge in [-0.3, -0.25) is 9.88 Å². The number of halogens is 3. The van der Waals surface area contributed by atoms with Crippen molar-refractivity contribution in [3.8, 4) is 11.4 Å². The number of hydrogen-bond acceptors (Lipinski definition) is 11. The maximum Gasteiger partial charge on any atom is 0.490 e. The molecular formula is C27H30F3N9O4S. The number of alkyl halides is 3. The summed E-state index contributed by atoms with van der Waals surface area (Å²) in [6, 6.07) is 11.9. The van der Waals surface area contributed by atoms with Crippen LogP contribution in [0.3, 0.4) is 0 Å². The quantitative estimate of drug-likeness (QED) is 0.282. The first-order chi connectivity index (χ1) is 20.6. The molecule has 0 spiro atoms. The smallest absolute Gasteiger partial charge is 0.475 e. The van der Waals surface area contributed by atoms with Gasteiger partial charge in [0.2, 0.25) is 16.0 Å². The van der Waals surface area contributed by atoms with Crippen LogP contribution in [0, 0.1) is 6.92 Å². The molecule has 1 aliphatic heterocycles. The first kappa shape index (κ1) is 32.4. The van der Waals surface area contributed by atoms with Crippen molar-refractivity contribution in [2.45, 2.75) is 26.1 Å². The number of benzene rings is 1. The van der Waals surface area contributed by atoms with E-state index in [9.17, 15) is 21.6 Å². The Morgan fingerprint density at radius 2 is 1.75 bits per heavy atom. The summed E-state index contributed by atoms with van der Waals surface area (Å²) in [4.78, 5) is 33.4. The number of aryl methyl sites for hydroxylation is 1. The monoisotopic (exact) mass is 633 g/mol. The number of nitrogen functional groups attached to an aromatic ring is 1. The van der Waals surface area contributed by atoms with Crippen molar-refractivity contribution < 1.29 is 31.5 Å². The van der Waals surface area contributed by atoms with E-state index in [-0.39, 0.29) is 12.0 Å². The number of pyridine rings is 2. The van der Waals surface area contributed by atoms with Crippen LogP contribution < -0.4 is 11.1 Å². The molecule has 4 heterocycles. The third kappa shape index (κ3) is 8.12. The van der Waals surface area contributed by atoms with Crippen molar-refractivity contribution in [3.63, 3.8) is 0 Å². The van der Waals surface area contributed by atoms with Crippen molar-refractivity contribution >= 4 is 44.3 Å². The highest BCUT2D eigenvalue weighted by Crippen LogP contribution is 2.32. The highest BCUT2D eigenvalue weighted by Gasteiger charge is 2.38. The number of piperazine rings is 1. The van der Waals surface area contributed by atoms with Crippen molar-refractivity contribution in [3.05, 3.63) is 60.2 Å². The van der Waals surface area contributed by atoms with Crippen molar-refractivity contribution in [2.75, 3.05) is 43.5 Å². The van der Waals surface area contributed by atoms with Crippen LogP contribution in [0.25, 0.3) is 22.3 Å². The number of nitrogens with one attached hydrogen (secondary N) is 1. The van der Waals surface area contributed by atoms with Gasteiger partial charge in [-0.2, -0.15) is 27.4 Å². The van der Waals surface area contributed by atoms with Crippen LogP contribution in [0.15, 0.2) is 48.8 Å². The van der Waals surface area contributed by atoms with Crippen LogP contribution in [-0.4, -0.2) is 92.2 Å². The summed E-state index contributed by atoms with van der Waals surface area (Å²) >= 11 is 0. The predicted molar refractivity (Wildman–Crippen MR) is 157 cm³/mol. The Morgan fingerprint density at radius 1 is 1.07 bits per heavy atom. The first-order valence-corrected chi connectivity index (χ1v) is 15.1. The highest BCUT2D eigenvalue weighted by atomic mass is 32.2. The second-order valence-corrected chi connectivity index (χ2v) is 11.9. The molecule has 1 aromatic carbocycles. The van der Waals surface area contributed by atoms with Crippen molar-refractivity contribution in [2.24, 2.45) is 0 Å². The second kappa shape index (κ2) is 13.0. The van der Waals surface area contributed by atoms with Crippen LogP contribution in [-0.2, 0) is 14.8 Å². The fourth-order valence-electron chi connectivity index (χ4n) is 4.52. The fourth-order valence-corrected chi connectivity index (χ4v) is 5.34. The van der Waals surface area contributed by atoms with Gasteiger partial charge in [-0.1, -0.05) is 12.1 Å². The highest BCUT2D eigenvalue weighted by molar-refractivity contribution is 7.88. The molecule has 234 valence electrons. The number of carboxylic acids is 1. The van der Waals surface area contributed by atoms with Crippen molar-refractivity contribution in [1.82, 2.24) is 34.1 Å². The van der Waals surface area contributed by atoms with E-state index in [2.05, 4.69) is 37.1 Å². The number of nitrogens with zero attached hydrogens (tertiary/aromatic N) is 7. The molecule has 4 N–H and O–H groups in total. The summed E-state index contributed by atoms with van der Waals surface area (Å²) in [5.74, 6) is -1.10. The van der Waals surface area contributed by atoms with Gasteiger partial charge >= 0.3 is 12.1 Å². The van der Waals surface area contributed by atoms with Gasteiger partial charge in [-0.15, -0.1) is 0 Å². The molecule has 4 aromatic rings. The largest absolute Gasteiger partial charge is 0.490 e. The third-order valence-electron chi connectivity index (χ3n) is 6.80. The van der Waals surface area contributed by atoms with Crippen LogP contribution in [0.4, 0.5) is 30.6 Å². The van der Waals surface area contributed by atoms with Gasteiger partial charge < -0.3 is 16.2 Å². The van der Waals surface area contributed by atoms with Gasteiger partial charge in [0, 0.05) is 55.7 Å². The van der Waals surface area contributed by atoms with Crippen LogP contribution >= 0.6 is 0 Å². The number of aliphatic carboxylic acids is 1. The lowest BCUT2D eigenvalue weighted by Gasteiger charge is -2.37. The summed E-state index contributed by atoms with van der Waals surface area (Å²) in [6.07, 6.45) is -0.240. The average molecular weight is 634 g/mol. The third-order valence-corrected chi connectivity index (χ3v) is 8.10. The molecule has 0 amide bonds. The van der Waals surface area contributed by atoms with E-state index in [1.165, 1.54) is 10.6 Å². The molecule has 0 radical (unpaired) electrons. The Labute approximate surface area is 251 Å². The van der Waals surface area contributed by atoms with Gasteiger partial charge in [0.05, 0.1) is 17.3 Å². The molecule has 44 heavy (non-hydrogen) atoms. The summed E-state index contributed by atoms with van der Waals surface area (Å²) in [6.45, 7) is 6.04. The Balaban J connectivity index is 0.000000566. The maximum atomic E-state index is 11.9. The molecule has 17 heteroatoms. The zero-order chi connectivity index (χ0) is 32.2. The van der Waals surface area contributed by atoms with E-state index in [0.29, 0.717) is 49.2 Å². The minimum Gasteiger partial charge on any atom is -0.475 e. The van der Waals surface area contributed by atoms with E-state index in [0.717, 1.165) is 22.2 Å². The number of anilines is 3. The molecule has 13 nitrogen and oxygen atoms in total. The normalized spacial score (nSPS) is 15.3. The minimum atomic E-state index is -5.08. The Hall–Kier alpha value is -4.48. The van der Waals surface area contributed by atoms with Gasteiger partial charge in [0.1, 0.15) is 11.6 Å². The van der Waals surface area contributed by atoms with Crippen LogP contribution in [0.5, 0.6) is 0 Å². The van der Waals surface area contributed by atoms with Crippen LogP contribution in [0.1, 0.15) is 24.4 Å². The summed E-state index contributed by atoms with van der Waals surface area (Å²) in [7, 11) is -3.19. The molecule has 1 atom stereocenters. The molecule has 1 saturated heterocycles. The summed E-state index contributed by atoms with van der Waals surface area (Å²) < 4.78 is 57.1. The molecule has 0 saturated carbocycles. The summed E-state index contributed by atoms with van der Waals surface area (Å²) in [5.41, 5.74) is 9.30. The molecular weight excluding hydrogens is 603 g/mol. The lowest BCUT2D eigenvalue weighted by molar-refractivity contribution is -0.192. The number of sulfonamides is 1. The zero-order valence-electron chi connectivity index (χ0n) is 23.9. The molecule has 0 aliphatic carbocycles. The molecule has 0 bridgehead atoms. The second-order valence-electron chi connectivity index (χ2n) is 9.94. The van der Waals surface area contributed by atoms with E-state index in [4.69, 9.17) is 20.6 Å². The molecule has 3 aromatic heterocycles. The topological polar surface area (TPSA) is 180 Å². The number of hydrogen-bond donors (Lipinski definition) is 3. The number of fused-ring (bicyclic) bond motifs is 1. The van der Waals surface area contributed by atoms with Gasteiger partial charge in [0.25, 0.3) is 0 Å². The number of carboxylic acid groups (broad SMARTS) is 1. The van der Waals surface area contributed by atoms with E-state index in [1.807, 2.05) is 42.6 Å². The average Bonchev–Trinajstić information content (AvgIpc) is 2.96. The maximum absolute atomic E-state index is 11.9. The van der Waals surface area contributed by atoms with E-state index in [1.54, 1.807) is 13.1 Å². The zero-order valence-corrected chi connectivity index (χ0v) is 24.8. The Morgan fingerprint density at radius 3 is 2.36 bits per heavy atom. The molecule has 0 unspecified atom stereocenters. The fraction of sp³-hybridized carbons (Fsp3) is 0.333.